The number of aryl methyl sites for hydroxylation is 2. The minimum atomic E-state index is -0.316. The molecule has 3 N–H and O–H groups in total. The fraction of sp³-hybridized carbons (Fsp3) is 0.250. The summed E-state index contributed by atoms with van der Waals surface area (Å²) in [6, 6.07) is 3.32. The Morgan fingerprint density at radius 2 is 2.26 bits per heavy atom. The number of halogens is 1. The van der Waals surface area contributed by atoms with Gasteiger partial charge in [-0.25, -0.2) is 4.98 Å². The van der Waals surface area contributed by atoms with Gasteiger partial charge in [0, 0.05) is 6.54 Å². The molecule has 2 aromatic heterocycles. The summed E-state index contributed by atoms with van der Waals surface area (Å²) in [4.78, 5) is 16.3. The first-order valence-corrected chi connectivity index (χ1v) is 6.16. The van der Waals surface area contributed by atoms with Gasteiger partial charge in [0.15, 0.2) is 0 Å². The predicted molar refractivity (Wildman–Crippen MR) is 74.3 cm³/mol. The maximum absolute atomic E-state index is 12.2. The monoisotopic (exact) mass is 279 g/mol. The first kappa shape index (κ1) is 13.4. The largest absolute Gasteiger partial charge is 0.396 e. The average Bonchev–Trinajstić information content (AvgIpc) is 2.74. The molecule has 1 amide bonds. The molecule has 0 aliphatic carbocycles. The molecule has 100 valence electrons. The second kappa shape index (κ2) is 5.27. The Bertz CT molecular complexity index is 623. The van der Waals surface area contributed by atoms with Crippen molar-refractivity contribution in [2.45, 2.75) is 20.4 Å². The van der Waals surface area contributed by atoms with Gasteiger partial charge in [0.25, 0.3) is 5.91 Å². The van der Waals surface area contributed by atoms with Gasteiger partial charge in [-0.05, 0) is 26.0 Å². The first-order chi connectivity index (χ1) is 9.02. The zero-order chi connectivity index (χ0) is 14.0. The highest BCUT2D eigenvalue weighted by Gasteiger charge is 2.17. The summed E-state index contributed by atoms with van der Waals surface area (Å²) in [7, 11) is 0. The number of nitrogen functional groups attached to an aromatic ring is 1. The van der Waals surface area contributed by atoms with Crippen LogP contribution >= 0.6 is 11.6 Å². The molecule has 0 saturated heterocycles. The summed E-state index contributed by atoms with van der Waals surface area (Å²) in [5, 5.41) is 7.16. The van der Waals surface area contributed by atoms with E-state index < -0.39 is 0 Å². The summed E-state index contributed by atoms with van der Waals surface area (Å²) in [6.45, 7) is 4.22. The van der Waals surface area contributed by atoms with Crippen molar-refractivity contribution < 1.29 is 4.79 Å². The molecule has 2 aromatic rings. The number of carbonyl (C=O) groups is 1. The minimum absolute atomic E-state index is 0.316. The van der Waals surface area contributed by atoms with Crippen LogP contribution in [0.5, 0.6) is 0 Å². The molecule has 0 spiro atoms. The highest BCUT2D eigenvalue weighted by molar-refractivity contribution is 6.29. The number of hydrogen-bond donors (Lipinski definition) is 2. The average molecular weight is 280 g/mol. The predicted octanol–water partition coefficient (Wildman–Crippen LogP) is 2.09. The SMILES string of the molecule is CCn1ncc(N)c1C(=O)Nc1ccc(Cl)nc1C. The summed E-state index contributed by atoms with van der Waals surface area (Å²) in [6.07, 6.45) is 1.46. The number of carbonyl (C=O) groups excluding carboxylic acids is 1. The third kappa shape index (κ3) is 2.68. The topological polar surface area (TPSA) is 85.8 Å². The summed E-state index contributed by atoms with van der Waals surface area (Å²) < 4.78 is 1.54. The molecule has 0 aliphatic rings. The fourth-order valence-corrected chi connectivity index (χ4v) is 1.92. The molecule has 0 fully saturated rings. The number of rotatable bonds is 3. The van der Waals surface area contributed by atoms with Crippen molar-refractivity contribution in [1.29, 1.82) is 0 Å². The maximum atomic E-state index is 12.2. The van der Waals surface area contributed by atoms with Gasteiger partial charge in [-0.1, -0.05) is 11.6 Å². The zero-order valence-corrected chi connectivity index (χ0v) is 11.4. The molecule has 19 heavy (non-hydrogen) atoms. The molecule has 2 rings (SSSR count). The van der Waals surface area contributed by atoms with Gasteiger partial charge < -0.3 is 11.1 Å². The van der Waals surface area contributed by atoms with Crippen LogP contribution in [-0.4, -0.2) is 20.7 Å². The highest BCUT2D eigenvalue weighted by Crippen LogP contribution is 2.18. The molecule has 0 saturated carbocycles. The van der Waals surface area contributed by atoms with E-state index in [0.717, 1.165) is 0 Å². The normalized spacial score (nSPS) is 10.5. The van der Waals surface area contributed by atoms with Crippen molar-refractivity contribution in [2.75, 3.05) is 11.1 Å². The molecule has 0 bridgehead atoms. The van der Waals surface area contributed by atoms with Crippen LogP contribution in [0, 0.1) is 6.92 Å². The summed E-state index contributed by atoms with van der Waals surface area (Å²) in [5.74, 6) is -0.316. The van der Waals surface area contributed by atoms with E-state index in [4.69, 9.17) is 17.3 Å². The Labute approximate surface area is 115 Å². The van der Waals surface area contributed by atoms with Crippen LogP contribution in [-0.2, 0) is 6.54 Å². The zero-order valence-electron chi connectivity index (χ0n) is 10.6. The Balaban J connectivity index is 2.28. The standard InChI is InChI=1S/C12H14ClN5O/c1-3-18-11(8(14)6-15-18)12(19)17-9-4-5-10(13)16-7(9)2/h4-6H,3,14H2,1-2H3,(H,17,19). The molecular weight excluding hydrogens is 266 g/mol. The van der Waals surface area contributed by atoms with E-state index in [-0.39, 0.29) is 5.91 Å². The number of pyridine rings is 1. The third-order valence-electron chi connectivity index (χ3n) is 2.68. The summed E-state index contributed by atoms with van der Waals surface area (Å²) >= 11 is 5.77. The van der Waals surface area contributed by atoms with E-state index in [1.165, 1.54) is 6.20 Å². The van der Waals surface area contributed by atoms with Gasteiger partial charge in [-0.2, -0.15) is 5.10 Å². The number of nitrogens with two attached hydrogens (primary N) is 1. The van der Waals surface area contributed by atoms with Crippen LogP contribution in [0.1, 0.15) is 23.1 Å². The van der Waals surface area contributed by atoms with Crippen molar-refractivity contribution in [3.05, 3.63) is 34.9 Å². The van der Waals surface area contributed by atoms with E-state index >= 15 is 0 Å². The van der Waals surface area contributed by atoms with Gasteiger partial charge in [0.2, 0.25) is 0 Å². The van der Waals surface area contributed by atoms with Crippen LogP contribution in [0.25, 0.3) is 0 Å². The van der Waals surface area contributed by atoms with Crippen molar-refractivity contribution in [3.8, 4) is 0 Å². The Kier molecular flexibility index (Phi) is 3.71. The smallest absolute Gasteiger partial charge is 0.276 e. The molecule has 0 atom stereocenters. The van der Waals surface area contributed by atoms with Gasteiger partial charge in [0.1, 0.15) is 10.8 Å². The Morgan fingerprint density at radius 1 is 1.53 bits per heavy atom. The van der Waals surface area contributed by atoms with Crippen LogP contribution in [0.2, 0.25) is 5.15 Å². The minimum Gasteiger partial charge on any atom is -0.396 e. The van der Waals surface area contributed by atoms with E-state index in [9.17, 15) is 4.79 Å². The quantitative estimate of drug-likeness (QED) is 0.843. The Hall–Kier alpha value is -2.08. The number of anilines is 2. The van der Waals surface area contributed by atoms with E-state index in [1.807, 2.05) is 6.92 Å². The molecule has 0 aliphatic heterocycles. The highest BCUT2D eigenvalue weighted by atomic mass is 35.5. The van der Waals surface area contributed by atoms with Gasteiger partial charge in [-0.15, -0.1) is 0 Å². The van der Waals surface area contributed by atoms with Crippen LogP contribution in [0.15, 0.2) is 18.3 Å². The fourth-order valence-electron chi connectivity index (χ4n) is 1.73. The van der Waals surface area contributed by atoms with Crippen molar-refractivity contribution in [1.82, 2.24) is 14.8 Å². The van der Waals surface area contributed by atoms with Crippen molar-refractivity contribution >= 4 is 28.9 Å². The Morgan fingerprint density at radius 3 is 2.89 bits per heavy atom. The number of nitrogens with one attached hydrogen (secondary N) is 1. The van der Waals surface area contributed by atoms with Crippen molar-refractivity contribution in [3.63, 3.8) is 0 Å². The number of aromatic nitrogens is 3. The van der Waals surface area contributed by atoms with Gasteiger partial charge in [-0.3, -0.25) is 9.48 Å². The number of amides is 1. The second-order valence-corrected chi connectivity index (χ2v) is 4.37. The second-order valence-electron chi connectivity index (χ2n) is 3.99. The van der Waals surface area contributed by atoms with E-state index in [2.05, 4.69) is 15.4 Å². The number of nitrogens with zero attached hydrogens (tertiary/aromatic N) is 3. The molecule has 2 heterocycles. The molecule has 6 nitrogen and oxygen atoms in total. The van der Waals surface area contributed by atoms with Gasteiger partial charge >= 0.3 is 0 Å². The summed E-state index contributed by atoms with van der Waals surface area (Å²) in [5.41, 5.74) is 7.68. The maximum Gasteiger partial charge on any atom is 0.276 e. The molecule has 0 unspecified atom stereocenters. The molecular formula is C12H14ClN5O. The lowest BCUT2D eigenvalue weighted by molar-refractivity contribution is 0.101. The lowest BCUT2D eigenvalue weighted by Crippen LogP contribution is -2.19. The lowest BCUT2D eigenvalue weighted by Gasteiger charge is -2.09. The van der Waals surface area contributed by atoms with Crippen LogP contribution in [0.4, 0.5) is 11.4 Å². The number of hydrogen-bond acceptors (Lipinski definition) is 4. The van der Waals surface area contributed by atoms with Crippen LogP contribution in [0.3, 0.4) is 0 Å². The molecule has 0 radical (unpaired) electrons. The van der Waals surface area contributed by atoms with E-state index in [1.54, 1.807) is 23.7 Å². The molecule has 7 heteroatoms. The third-order valence-corrected chi connectivity index (χ3v) is 2.89. The van der Waals surface area contributed by atoms with E-state index in [0.29, 0.717) is 34.5 Å². The van der Waals surface area contributed by atoms with Crippen molar-refractivity contribution in [2.24, 2.45) is 0 Å². The van der Waals surface area contributed by atoms with Crippen LogP contribution < -0.4 is 11.1 Å². The molecule has 0 aromatic carbocycles. The lowest BCUT2D eigenvalue weighted by atomic mass is 10.3. The first-order valence-electron chi connectivity index (χ1n) is 5.78. The van der Waals surface area contributed by atoms with Gasteiger partial charge in [0.05, 0.1) is 23.3 Å².